The van der Waals surface area contributed by atoms with Gasteiger partial charge in [0.15, 0.2) is 5.65 Å². The normalized spacial score (nSPS) is 10.9. The van der Waals surface area contributed by atoms with Gasteiger partial charge in [-0.3, -0.25) is 0 Å². The van der Waals surface area contributed by atoms with Gasteiger partial charge < -0.3 is 9.88 Å². The molecular weight excluding hydrogens is 228 g/mol. The van der Waals surface area contributed by atoms with E-state index in [1.54, 1.807) is 16.9 Å². The summed E-state index contributed by atoms with van der Waals surface area (Å²) in [4.78, 5) is 8.45. The Balaban J connectivity index is 1.53. The van der Waals surface area contributed by atoms with E-state index in [1.807, 2.05) is 30.9 Å². The second kappa shape index (κ2) is 4.87. The smallest absolute Gasteiger partial charge is 0.157 e. The van der Waals surface area contributed by atoms with Gasteiger partial charge in [0.2, 0.25) is 0 Å². The number of imidazole rings is 1. The molecule has 6 nitrogen and oxygen atoms in total. The van der Waals surface area contributed by atoms with Crippen molar-refractivity contribution in [3.63, 3.8) is 0 Å². The van der Waals surface area contributed by atoms with E-state index in [0.717, 1.165) is 31.0 Å². The predicted octanol–water partition coefficient (Wildman–Crippen LogP) is 1.43. The number of hydrogen-bond acceptors (Lipinski definition) is 4. The standard InChI is InChI=1S/C12H14N6/c1(7-17-9-6-13-10-17)4-14-11-3-8-18-12(16-11)2-5-15-18/h2-3,5-6,8-10H,1,4,7H2,(H,14,16). The fraction of sp³-hybridized carbons (Fsp3) is 0.250. The number of fused-ring (bicyclic) bond motifs is 1. The monoisotopic (exact) mass is 242 g/mol. The molecule has 0 saturated heterocycles. The van der Waals surface area contributed by atoms with Crippen molar-refractivity contribution in [3.05, 3.63) is 43.2 Å². The van der Waals surface area contributed by atoms with Crippen molar-refractivity contribution in [1.82, 2.24) is 24.1 Å². The van der Waals surface area contributed by atoms with Crippen LogP contribution in [0.25, 0.3) is 5.65 Å². The summed E-state index contributed by atoms with van der Waals surface area (Å²) >= 11 is 0. The van der Waals surface area contributed by atoms with Crippen LogP contribution in [0.4, 0.5) is 5.82 Å². The molecule has 0 saturated carbocycles. The summed E-state index contributed by atoms with van der Waals surface area (Å²) in [7, 11) is 0. The molecule has 3 heterocycles. The van der Waals surface area contributed by atoms with Gasteiger partial charge in [0.05, 0.1) is 12.5 Å². The molecule has 0 unspecified atom stereocenters. The van der Waals surface area contributed by atoms with Crippen molar-refractivity contribution in [3.8, 4) is 0 Å². The molecule has 0 aliphatic carbocycles. The zero-order valence-electron chi connectivity index (χ0n) is 9.90. The Labute approximate surface area is 104 Å². The van der Waals surface area contributed by atoms with Crippen LogP contribution in [0.5, 0.6) is 0 Å². The van der Waals surface area contributed by atoms with Crippen molar-refractivity contribution in [1.29, 1.82) is 0 Å². The molecular formula is C12H14N6. The molecule has 3 rings (SSSR count). The highest BCUT2D eigenvalue weighted by atomic mass is 15.2. The Morgan fingerprint density at radius 3 is 3.06 bits per heavy atom. The first-order valence-electron chi connectivity index (χ1n) is 5.92. The van der Waals surface area contributed by atoms with Gasteiger partial charge in [-0.1, -0.05) is 0 Å². The predicted molar refractivity (Wildman–Crippen MR) is 68.3 cm³/mol. The van der Waals surface area contributed by atoms with Gasteiger partial charge in [0.25, 0.3) is 0 Å². The van der Waals surface area contributed by atoms with Crippen molar-refractivity contribution in [2.45, 2.75) is 13.0 Å². The van der Waals surface area contributed by atoms with Crippen LogP contribution in [0.15, 0.2) is 43.2 Å². The molecule has 0 atom stereocenters. The third-order valence-electron chi connectivity index (χ3n) is 2.72. The summed E-state index contributed by atoms with van der Waals surface area (Å²) in [6.07, 6.45) is 10.3. The van der Waals surface area contributed by atoms with Crippen molar-refractivity contribution < 1.29 is 0 Å². The van der Waals surface area contributed by atoms with E-state index in [4.69, 9.17) is 0 Å². The van der Waals surface area contributed by atoms with E-state index in [1.165, 1.54) is 0 Å². The summed E-state index contributed by atoms with van der Waals surface area (Å²) < 4.78 is 3.81. The molecule has 0 aliphatic heterocycles. The zero-order valence-corrected chi connectivity index (χ0v) is 9.90. The number of rotatable bonds is 5. The number of hydrogen-bond donors (Lipinski definition) is 1. The first kappa shape index (κ1) is 10.8. The summed E-state index contributed by atoms with van der Waals surface area (Å²) in [6.45, 7) is 1.84. The van der Waals surface area contributed by atoms with E-state index < -0.39 is 0 Å². The molecule has 0 radical (unpaired) electrons. The third kappa shape index (κ3) is 2.32. The highest BCUT2D eigenvalue weighted by molar-refractivity contribution is 5.45. The Kier molecular flexibility index (Phi) is 2.91. The van der Waals surface area contributed by atoms with Crippen LogP contribution in [0, 0.1) is 0 Å². The van der Waals surface area contributed by atoms with Gasteiger partial charge in [0, 0.05) is 37.7 Å². The SMILES string of the molecule is c1cn(CCCNc2ccn3nccc3n2)cn1. The van der Waals surface area contributed by atoms with Crippen molar-refractivity contribution in [2.75, 3.05) is 11.9 Å². The van der Waals surface area contributed by atoms with Gasteiger partial charge in [-0.25, -0.2) is 14.5 Å². The first-order chi connectivity index (χ1) is 8.92. The highest BCUT2D eigenvalue weighted by Gasteiger charge is 1.97. The minimum Gasteiger partial charge on any atom is -0.370 e. The molecule has 0 spiro atoms. The van der Waals surface area contributed by atoms with Gasteiger partial charge >= 0.3 is 0 Å². The topological polar surface area (TPSA) is 60.0 Å². The van der Waals surface area contributed by atoms with Gasteiger partial charge in [-0.05, 0) is 12.5 Å². The van der Waals surface area contributed by atoms with Crippen molar-refractivity contribution >= 4 is 11.5 Å². The van der Waals surface area contributed by atoms with Gasteiger partial charge in [-0.15, -0.1) is 0 Å². The molecule has 92 valence electrons. The second-order valence-electron chi connectivity index (χ2n) is 4.03. The van der Waals surface area contributed by atoms with E-state index in [0.29, 0.717) is 0 Å². The number of nitrogens with zero attached hydrogens (tertiary/aromatic N) is 5. The fourth-order valence-corrected chi connectivity index (χ4v) is 1.81. The summed E-state index contributed by atoms with van der Waals surface area (Å²) in [5.74, 6) is 0.883. The summed E-state index contributed by atoms with van der Waals surface area (Å²) in [6, 6.07) is 3.81. The Bertz CT molecular complexity index is 612. The van der Waals surface area contributed by atoms with Crippen LogP contribution < -0.4 is 5.32 Å². The van der Waals surface area contributed by atoms with E-state index in [2.05, 4.69) is 25.0 Å². The van der Waals surface area contributed by atoms with E-state index in [9.17, 15) is 0 Å². The second-order valence-corrected chi connectivity index (χ2v) is 4.03. The Morgan fingerprint density at radius 1 is 1.17 bits per heavy atom. The number of anilines is 1. The largest absolute Gasteiger partial charge is 0.370 e. The van der Waals surface area contributed by atoms with Gasteiger partial charge in [0.1, 0.15) is 5.82 Å². The summed E-state index contributed by atoms with van der Waals surface area (Å²) in [5, 5.41) is 7.41. The lowest BCUT2D eigenvalue weighted by molar-refractivity contribution is 0.660. The van der Waals surface area contributed by atoms with E-state index in [-0.39, 0.29) is 0 Å². The quantitative estimate of drug-likeness (QED) is 0.687. The van der Waals surface area contributed by atoms with Crippen LogP contribution in [0.2, 0.25) is 0 Å². The Morgan fingerprint density at radius 2 is 2.17 bits per heavy atom. The molecule has 0 amide bonds. The number of nitrogens with one attached hydrogen (secondary N) is 1. The number of aryl methyl sites for hydroxylation is 1. The molecule has 1 N–H and O–H groups in total. The average molecular weight is 242 g/mol. The molecule has 3 aromatic heterocycles. The lowest BCUT2D eigenvalue weighted by Gasteiger charge is -2.06. The first-order valence-corrected chi connectivity index (χ1v) is 5.92. The van der Waals surface area contributed by atoms with Crippen molar-refractivity contribution in [2.24, 2.45) is 0 Å². The molecule has 18 heavy (non-hydrogen) atoms. The van der Waals surface area contributed by atoms with Crippen LogP contribution >= 0.6 is 0 Å². The third-order valence-corrected chi connectivity index (χ3v) is 2.72. The molecule has 0 aromatic carbocycles. The molecule has 3 aromatic rings. The van der Waals surface area contributed by atoms with Crippen LogP contribution in [0.3, 0.4) is 0 Å². The lowest BCUT2D eigenvalue weighted by Crippen LogP contribution is -2.07. The van der Waals surface area contributed by atoms with Crippen LogP contribution in [-0.4, -0.2) is 30.7 Å². The molecule has 6 heteroatoms. The average Bonchev–Trinajstić information content (AvgIpc) is 3.05. The number of aromatic nitrogens is 5. The Hall–Kier alpha value is -2.37. The lowest BCUT2D eigenvalue weighted by atomic mass is 10.4. The minimum atomic E-state index is 0.856. The van der Waals surface area contributed by atoms with Crippen LogP contribution in [0.1, 0.15) is 6.42 Å². The maximum absolute atomic E-state index is 4.44. The molecule has 0 fully saturated rings. The zero-order chi connectivity index (χ0) is 12.2. The van der Waals surface area contributed by atoms with E-state index >= 15 is 0 Å². The maximum Gasteiger partial charge on any atom is 0.157 e. The summed E-state index contributed by atoms with van der Waals surface area (Å²) in [5.41, 5.74) is 0.856. The highest BCUT2D eigenvalue weighted by Crippen LogP contribution is 2.05. The molecule has 0 aliphatic rings. The van der Waals surface area contributed by atoms with Gasteiger partial charge in [-0.2, -0.15) is 5.10 Å². The van der Waals surface area contributed by atoms with Crippen LogP contribution in [-0.2, 0) is 6.54 Å². The molecule has 0 bridgehead atoms. The maximum atomic E-state index is 4.44. The minimum absolute atomic E-state index is 0.856. The fourth-order valence-electron chi connectivity index (χ4n) is 1.81.